The van der Waals surface area contributed by atoms with E-state index < -0.39 is 0 Å². The Labute approximate surface area is 229 Å². The lowest BCUT2D eigenvalue weighted by Crippen LogP contribution is -2.49. The molecule has 0 bridgehead atoms. The Hall–Kier alpha value is -4.05. The van der Waals surface area contributed by atoms with Gasteiger partial charge in [-0.3, -0.25) is 14.2 Å². The Morgan fingerprint density at radius 1 is 0.949 bits per heavy atom. The van der Waals surface area contributed by atoms with Crippen LogP contribution in [0.1, 0.15) is 12.0 Å². The standard InChI is InChI=1S/C29H27FN4O4S/c30-23-9-5-4-6-20(23)18-39-29-31-24-17-26-25(37-19-38-26)16-22(24)28(36)34(29)11-10-27(35)33-14-12-32(13-15-33)21-7-2-1-3-8-21/h1-9,16-17H,10-15,18-19H2. The third kappa shape index (κ3) is 5.29. The lowest BCUT2D eigenvalue weighted by molar-refractivity contribution is -0.131. The summed E-state index contributed by atoms with van der Waals surface area (Å²) in [7, 11) is 0. The zero-order valence-electron chi connectivity index (χ0n) is 21.2. The molecule has 10 heteroatoms. The SMILES string of the molecule is O=C(CCn1c(SCc2ccccc2F)nc2cc3c(cc2c1=O)OCO3)N1CCN(c2ccccc2)CC1. The van der Waals surface area contributed by atoms with Crippen LogP contribution in [0.15, 0.2) is 76.7 Å². The molecule has 6 rings (SSSR count). The molecule has 0 N–H and O–H groups in total. The van der Waals surface area contributed by atoms with E-state index in [0.29, 0.717) is 52.0 Å². The van der Waals surface area contributed by atoms with Gasteiger partial charge >= 0.3 is 0 Å². The van der Waals surface area contributed by atoms with Gasteiger partial charge in [-0.15, -0.1) is 0 Å². The summed E-state index contributed by atoms with van der Waals surface area (Å²) in [5, 5.41) is 0.815. The number of carbonyl (C=O) groups is 1. The summed E-state index contributed by atoms with van der Waals surface area (Å²) in [5.41, 5.74) is 1.87. The van der Waals surface area contributed by atoms with Crippen molar-refractivity contribution in [3.8, 4) is 11.5 Å². The summed E-state index contributed by atoms with van der Waals surface area (Å²) >= 11 is 1.27. The smallest absolute Gasteiger partial charge is 0.262 e. The van der Waals surface area contributed by atoms with Crippen LogP contribution >= 0.6 is 11.8 Å². The number of piperazine rings is 1. The van der Waals surface area contributed by atoms with Gasteiger partial charge in [0.25, 0.3) is 5.56 Å². The molecule has 0 atom stereocenters. The number of halogens is 1. The maximum atomic E-state index is 14.3. The van der Waals surface area contributed by atoms with Gasteiger partial charge in [0.05, 0.1) is 10.9 Å². The van der Waals surface area contributed by atoms with Crippen LogP contribution in [0.4, 0.5) is 10.1 Å². The zero-order valence-corrected chi connectivity index (χ0v) is 22.0. The van der Waals surface area contributed by atoms with Gasteiger partial charge < -0.3 is 19.3 Å². The highest BCUT2D eigenvalue weighted by Crippen LogP contribution is 2.35. The second kappa shape index (κ2) is 11.0. The van der Waals surface area contributed by atoms with Crippen LogP contribution in [0, 0.1) is 5.82 Å². The number of amides is 1. The molecule has 0 unspecified atom stereocenters. The van der Waals surface area contributed by atoms with Crippen molar-refractivity contribution < 1.29 is 18.7 Å². The summed E-state index contributed by atoms with van der Waals surface area (Å²) in [6.07, 6.45) is 0.163. The number of thioether (sulfide) groups is 1. The molecule has 8 nitrogen and oxygen atoms in total. The third-order valence-electron chi connectivity index (χ3n) is 7.03. The Kier molecular flexibility index (Phi) is 7.10. The van der Waals surface area contributed by atoms with Gasteiger partial charge in [0, 0.05) is 56.7 Å². The monoisotopic (exact) mass is 546 g/mol. The average Bonchev–Trinajstić information content (AvgIpc) is 3.43. The summed E-state index contributed by atoms with van der Waals surface area (Å²) in [6.45, 7) is 3.01. The first kappa shape index (κ1) is 25.2. The number of fused-ring (bicyclic) bond motifs is 2. The van der Waals surface area contributed by atoms with Crippen molar-refractivity contribution in [1.82, 2.24) is 14.5 Å². The maximum absolute atomic E-state index is 14.3. The molecule has 1 fully saturated rings. The summed E-state index contributed by atoms with van der Waals surface area (Å²) in [6, 6.07) is 20.0. The molecule has 4 aromatic rings. The quantitative estimate of drug-likeness (QED) is 0.253. The Balaban J connectivity index is 1.21. The van der Waals surface area contributed by atoms with Crippen LogP contribution in [0.3, 0.4) is 0 Å². The van der Waals surface area contributed by atoms with Gasteiger partial charge in [-0.25, -0.2) is 9.37 Å². The highest BCUT2D eigenvalue weighted by atomic mass is 32.2. The van der Waals surface area contributed by atoms with Gasteiger partial charge in [-0.05, 0) is 29.8 Å². The lowest BCUT2D eigenvalue weighted by Gasteiger charge is -2.36. The van der Waals surface area contributed by atoms with Crippen LogP contribution in [0.25, 0.3) is 10.9 Å². The molecule has 0 spiro atoms. The van der Waals surface area contributed by atoms with E-state index in [0.717, 1.165) is 18.8 Å². The van der Waals surface area contributed by atoms with Gasteiger partial charge in [0.15, 0.2) is 16.7 Å². The molecule has 0 aliphatic carbocycles. The van der Waals surface area contributed by atoms with Crippen LogP contribution in [-0.2, 0) is 17.1 Å². The third-order valence-corrected chi connectivity index (χ3v) is 8.06. The Morgan fingerprint density at radius 2 is 1.67 bits per heavy atom. The highest BCUT2D eigenvalue weighted by Gasteiger charge is 2.23. The van der Waals surface area contributed by atoms with Crippen molar-refractivity contribution in [1.29, 1.82) is 0 Å². The summed E-state index contributed by atoms with van der Waals surface area (Å²) < 4.78 is 26.7. The molecule has 39 heavy (non-hydrogen) atoms. The van der Waals surface area contributed by atoms with Crippen LogP contribution in [0.5, 0.6) is 11.5 Å². The van der Waals surface area contributed by atoms with E-state index in [1.54, 1.807) is 30.3 Å². The number of carbonyl (C=O) groups excluding carboxylic acids is 1. The van der Waals surface area contributed by atoms with Crippen LogP contribution in [0.2, 0.25) is 0 Å². The number of ether oxygens (including phenoxy) is 2. The van der Waals surface area contributed by atoms with Gasteiger partial charge in [-0.1, -0.05) is 48.2 Å². The van der Waals surface area contributed by atoms with Crippen molar-refractivity contribution in [3.63, 3.8) is 0 Å². The number of hydrogen-bond donors (Lipinski definition) is 0. The molecule has 1 amide bonds. The number of para-hydroxylation sites is 1. The zero-order chi connectivity index (χ0) is 26.8. The largest absolute Gasteiger partial charge is 0.454 e. The average molecular weight is 547 g/mol. The van der Waals surface area contributed by atoms with Gasteiger partial charge in [0.2, 0.25) is 12.7 Å². The van der Waals surface area contributed by atoms with E-state index in [9.17, 15) is 14.0 Å². The normalized spacial score (nSPS) is 14.7. The fourth-order valence-electron chi connectivity index (χ4n) is 4.87. The lowest BCUT2D eigenvalue weighted by atomic mass is 10.2. The van der Waals surface area contributed by atoms with Crippen molar-refractivity contribution >= 4 is 34.3 Å². The molecule has 2 aliphatic heterocycles. The van der Waals surface area contributed by atoms with E-state index in [1.165, 1.54) is 22.4 Å². The molecule has 0 radical (unpaired) electrons. The van der Waals surface area contributed by atoms with Crippen LogP contribution < -0.4 is 19.9 Å². The predicted octanol–water partition coefficient (Wildman–Crippen LogP) is 4.30. The first-order chi connectivity index (χ1) is 19.1. The first-order valence-electron chi connectivity index (χ1n) is 12.8. The van der Waals surface area contributed by atoms with Crippen molar-refractivity contribution in [3.05, 3.63) is 88.5 Å². The fourth-order valence-corrected chi connectivity index (χ4v) is 5.89. The number of hydrogen-bond acceptors (Lipinski definition) is 7. The highest BCUT2D eigenvalue weighted by molar-refractivity contribution is 7.98. The van der Waals surface area contributed by atoms with Crippen LogP contribution in [-0.4, -0.2) is 53.3 Å². The minimum absolute atomic E-state index is 0.00884. The van der Waals surface area contributed by atoms with Gasteiger partial charge in [0.1, 0.15) is 5.82 Å². The Morgan fingerprint density at radius 3 is 2.44 bits per heavy atom. The number of nitrogens with zero attached hydrogens (tertiary/aromatic N) is 4. The van der Waals surface area contributed by atoms with Crippen molar-refractivity contribution in [2.45, 2.75) is 23.9 Å². The summed E-state index contributed by atoms with van der Waals surface area (Å²) in [4.78, 5) is 35.6. The summed E-state index contributed by atoms with van der Waals surface area (Å²) in [5.74, 6) is 0.998. The maximum Gasteiger partial charge on any atom is 0.262 e. The van der Waals surface area contributed by atoms with Gasteiger partial charge in [-0.2, -0.15) is 0 Å². The second-order valence-corrected chi connectivity index (χ2v) is 10.3. The number of benzene rings is 3. The molecule has 1 saturated heterocycles. The Bertz CT molecular complexity index is 1570. The molecule has 3 heterocycles. The minimum atomic E-state index is -0.312. The molecule has 200 valence electrons. The number of aromatic nitrogens is 2. The predicted molar refractivity (Wildman–Crippen MR) is 148 cm³/mol. The fraction of sp³-hybridized carbons (Fsp3) is 0.276. The van der Waals surface area contributed by atoms with Crippen molar-refractivity contribution in [2.24, 2.45) is 0 Å². The van der Waals surface area contributed by atoms with E-state index in [4.69, 9.17) is 14.5 Å². The second-order valence-electron chi connectivity index (χ2n) is 9.41. The molecule has 1 aromatic heterocycles. The van der Waals surface area contributed by atoms with Crippen molar-refractivity contribution in [2.75, 3.05) is 37.9 Å². The molecule has 3 aromatic carbocycles. The molecular weight excluding hydrogens is 519 g/mol. The van der Waals surface area contributed by atoms with E-state index in [1.807, 2.05) is 23.1 Å². The molecule has 2 aliphatic rings. The number of rotatable bonds is 7. The first-order valence-corrected chi connectivity index (χ1v) is 13.8. The van der Waals surface area contributed by atoms with E-state index in [-0.39, 0.29) is 37.0 Å². The molecular formula is C29H27FN4O4S. The molecule has 0 saturated carbocycles. The topological polar surface area (TPSA) is 76.9 Å². The number of anilines is 1. The van der Waals surface area contributed by atoms with E-state index >= 15 is 0 Å². The minimum Gasteiger partial charge on any atom is -0.454 e. The van der Waals surface area contributed by atoms with E-state index in [2.05, 4.69) is 17.0 Å².